The van der Waals surface area contributed by atoms with Gasteiger partial charge in [-0.05, 0) is 24.7 Å². The summed E-state index contributed by atoms with van der Waals surface area (Å²) >= 11 is 0. The van der Waals surface area contributed by atoms with Crippen LogP contribution in [0.25, 0.3) is 0 Å². The van der Waals surface area contributed by atoms with Crippen LogP contribution < -0.4 is 0 Å². The van der Waals surface area contributed by atoms with Crippen molar-refractivity contribution in [2.24, 2.45) is 16.3 Å². The average molecular weight is 598 g/mol. The number of carbonyl (C=O) groups is 7. The summed E-state index contributed by atoms with van der Waals surface area (Å²) in [6, 6.07) is 0. The minimum absolute atomic E-state index is 0.0444. The van der Waals surface area contributed by atoms with Gasteiger partial charge in [-0.1, -0.05) is 13.8 Å². The van der Waals surface area contributed by atoms with E-state index in [0.717, 1.165) is 27.7 Å². The van der Waals surface area contributed by atoms with Crippen molar-refractivity contribution >= 4 is 47.1 Å². The highest BCUT2D eigenvalue weighted by Crippen LogP contribution is 2.36. The number of rotatable bonds is 12. The Labute approximate surface area is 243 Å². The van der Waals surface area contributed by atoms with E-state index in [0.29, 0.717) is 0 Å². The van der Waals surface area contributed by atoms with Crippen molar-refractivity contribution in [2.75, 3.05) is 6.61 Å². The quantitative estimate of drug-likeness (QED) is 0.112. The second-order valence-electron chi connectivity index (χ2n) is 11.2. The molecule has 1 aliphatic heterocycles. The molecule has 1 aliphatic carbocycles. The predicted molar refractivity (Wildman–Crippen MR) is 142 cm³/mol. The van der Waals surface area contributed by atoms with Gasteiger partial charge in [0.05, 0.1) is 0 Å². The third-order valence-corrected chi connectivity index (χ3v) is 6.62. The van der Waals surface area contributed by atoms with Crippen LogP contribution in [-0.4, -0.2) is 89.5 Å². The highest BCUT2D eigenvalue weighted by atomic mass is 16.7. The number of nitrogens with zero attached hydrogens (tertiary/aromatic N) is 1. The van der Waals surface area contributed by atoms with E-state index in [4.69, 9.17) is 28.8 Å². The molecule has 0 bridgehead atoms. The lowest BCUT2D eigenvalue weighted by molar-refractivity contribution is -0.251. The second-order valence-corrected chi connectivity index (χ2v) is 11.2. The molecule has 1 saturated heterocycles. The summed E-state index contributed by atoms with van der Waals surface area (Å²) in [6.45, 7) is 7.52. The molecule has 14 heteroatoms. The largest absolute Gasteiger partial charge is 0.481 e. The molecule has 1 unspecified atom stereocenters. The number of aliphatic imine (C=N–C) groups is 1. The Morgan fingerprint density at radius 2 is 1.31 bits per heavy atom. The van der Waals surface area contributed by atoms with Crippen molar-refractivity contribution in [1.82, 2.24) is 0 Å². The third kappa shape index (κ3) is 10.3. The maximum absolute atomic E-state index is 13.2. The van der Waals surface area contributed by atoms with Crippen LogP contribution in [-0.2, 0) is 57.2 Å². The highest BCUT2D eigenvalue weighted by Gasteiger charge is 2.53. The number of ketones is 2. The molecule has 234 valence electrons. The molecule has 0 aromatic heterocycles. The molecule has 1 saturated carbocycles. The number of aliphatic carboxylic acids is 1. The van der Waals surface area contributed by atoms with Crippen molar-refractivity contribution in [3.05, 3.63) is 0 Å². The topological polar surface area (TPSA) is 198 Å². The molecule has 5 atom stereocenters. The molecular formula is C28H39NO13. The van der Waals surface area contributed by atoms with Crippen LogP contribution in [0.1, 0.15) is 80.1 Å². The fourth-order valence-corrected chi connectivity index (χ4v) is 5.10. The van der Waals surface area contributed by atoms with Crippen LogP contribution in [0.2, 0.25) is 0 Å². The monoisotopic (exact) mass is 597 g/mol. The second kappa shape index (κ2) is 15.0. The van der Waals surface area contributed by atoms with Crippen LogP contribution >= 0.6 is 0 Å². The molecule has 2 fully saturated rings. The Bertz CT molecular complexity index is 1090. The SMILES string of the molecule is CC(=O)OC[C@H]1OC(N=C(CCCCC(=O)O)C2C(=O)CC(C)(C)CC2=O)[C@H](OC(C)=O)[C@@H](OC(C)=O)[C@@H]1OC(C)=O. The fraction of sp³-hybridized carbons (Fsp3) is 0.714. The van der Waals surface area contributed by atoms with Crippen molar-refractivity contribution in [3.63, 3.8) is 0 Å². The molecule has 1 N–H and O–H groups in total. The molecule has 14 nitrogen and oxygen atoms in total. The van der Waals surface area contributed by atoms with E-state index < -0.39 is 78.4 Å². The standard InChI is InChI=1S/C28H39NO13/c1-14(30)38-13-21-24(39-15(2)31)25(40-16(3)32)26(41-17(4)33)27(42-21)29-18(9-7-8-10-22(36)37)23-19(34)11-28(5,6)12-20(23)35/h21,23-27H,7-13H2,1-6H3,(H,36,37)/t21-,24-,25+,26-,27?/m1/s1. The van der Waals surface area contributed by atoms with Crippen LogP contribution in [0.15, 0.2) is 4.99 Å². The van der Waals surface area contributed by atoms with Gasteiger partial charge >= 0.3 is 29.8 Å². The molecule has 0 amide bonds. The number of carbonyl (C=O) groups excluding carboxylic acids is 6. The Morgan fingerprint density at radius 1 is 0.810 bits per heavy atom. The van der Waals surface area contributed by atoms with Crippen molar-refractivity contribution in [2.45, 2.75) is 111 Å². The zero-order chi connectivity index (χ0) is 31.8. The van der Waals surface area contributed by atoms with Gasteiger partial charge in [-0.25, -0.2) is 0 Å². The number of hydrogen-bond acceptors (Lipinski definition) is 13. The Balaban J connectivity index is 2.63. The molecule has 42 heavy (non-hydrogen) atoms. The normalized spacial score (nSPS) is 26.2. The van der Waals surface area contributed by atoms with Gasteiger partial charge in [-0.15, -0.1) is 0 Å². The average Bonchev–Trinajstić information content (AvgIpc) is 2.81. The van der Waals surface area contributed by atoms with Gasteiger partial charge in [0, 0.05) is 52.7 Å². The first-order valence-electron chi connectivity index (χ1n) is 13.6. The first-order chi connectivity index (χ1) is 19.5. The van der Waals surface area contributed by atoms with Gasteiger partial charge in [0.25, 0.3) is 0 Å². The molecular weight excluding hydrogens is 558 g/mol. The summed E-state index contributed by atoms with van der Waals surface area (Å²) in [5, 5.41) is 9.04. The first kappa shape index (κ1) is 34.5. The smallest absolute Gasteiger partial charge is 0.303 e. The maximum Gasteiger partial charge on any atom is 0.303 e. The number of Topliss-reactive ketones (excluding diaryl/α,β-unsaturated/α-hetero) is 2. The summed E-state index contributed by atoms with van der Waals surface area (Å²) < 4.78 is 27.3. The molecule has 0 spiro atoms. The first-order valence-corrected chi connectivity index (χ1v) is 13.6. The minimum atomic E-state index is -1.50. The van der Waals surface area contributed by atoms with E-state index in [1.54, 1.807) is 13.8 Å². The van der Waals surface area contributed by atoms with Crippen LogP contribution in [0.3, 0.4) is 0 Å². The predicted octanol–water partition coefficient (Wildman–Crippen LogP) is 1.73. The summed E-state index contributed by atoms with van der Waals surface area (Å²) in [5.41, 5.74) is -0.472. The minimum Gasteiger partial charge on any atom is -0.481 e. The Hall–Kier alpha value is -3.68. The van der Waals surface area contributed by atoms with Gasteiger partial charge in [0.1, 0.15) is 30.2 Å². The van der Waals surface area contributed by atoms with E-state index in [2.05, 4.69) is 4.99 Å². The van der Waals surface area contributed by atoms with Crippen LogP contribution in [0.5, 0.6) is 0 Å². The molecule has 2 rings (SSSR count). The number of ether oxygens (including phenoxy) is 5. The lowest BCUT2D eigenvalue weighted by Crippen LogP contribution is -2.62. The molecule has 1 heterocycles. The lowest BCUT2D eigenvalue weighted by atomic mass is 9.69. The fourth-order valence-electron chi connectivity index (χ4n) is 5.10. The zero-order valence-electron chi connectivity index (χ0n) is 24.7. The van der Waals surface area contributed by atoms with Gasteiger partial charge in [-0.2, -0.15) is 0 Å². The summed E-state index contributed by atoms with van der Waals surface area (Å²) in [7, 11) is 0. The molecule has 0 radical (unpaired) electrons. The summed E-state index contributed by atoms with van der Waals surface area (Å²) in [5.74, 6) is -6.13. The van der Waals surface area contributed by atoms with Gasteiger partial charge < -0.3 is 28.8 Å². The number of hydrogen-bond donors (Lipinski definition) is 1. The van der Waals surface area contributed by atoms with E-state index in [9.17, 15) is 33.6 Å². The Kier molecular flexibility index (Phi) is 12.3. The van der Waals surface area contributed by atoms with Crippen molar-refractivity contribution < 1.29 is 62.4 Å². The number of esters is 4. The molecule has 0 aromatic rings. The van der Waals surface area contributed by atoms with E-state index in [1.807, 2.05) is 0 Å². The lowest BCUT2D eigenvalue weighted by Gasteiger charge is -2.43. The Morgan fingerprint density at radius 3 is 1.81 bits per heavy atom. The van der Waals surface area contributed by atoms with Crippen molar-refractivity contribution in [3.8, 4) is 0 Å². The summed E-state index contributed by atoms with van der Waals surface area (Å²) in [4.78, 5) is 89.8. The van der Waals surface area contributed by atoms with E-state index >= 15 is 0 Å². The van der Waals surface area contributed by atoms with Crippen LogP contribution in [0, 0.1) is 11.3 Å². The highest BCUT2D eigenvalue weighted by molar-refractivity contribution is 6.22. The third-order valence-electron chi connectivity index (χ3n) is 6.62. The number of carboxylic acids is 1. The van der Waals surface area contributed by atoms with Gasteiger partial charge in [0.15, 0.2) is 24.5 Å². The summed E-state index contributed by atoms with van der Waals surface area (Å²) in [6.07, 6.45) is -6.53. The van der Waals surface area contributed by atoms with Gasteiger partial charge in [0.2, 0.25) is 0 Å². The van der Waals surface area contributed by atoms with E-state index in [-0.39, 0.29) is 55.8 Å². The van der Waals surface area contributed by atoms with Crippen LogP contribution in [0.4, 0.5) is 0 Å². The van der Waals surface area contributed by atoms with Gasteiger partial charge in [-0.3, -0.25) is 38.6 Å². The van der Waals surface area contributed by atoms with E-state index in [1.165, 1.54) is 0 Å². The number of unbranched alkanes of at least 4 members (excludes halogenated alkanes) is 1. The zero-order valence-corrected chi connectivity index (χ0v) is 24.7. The van der Waals surface area contributed by atoms with Crippen molar-refractivity contribution in [1.29, 1.82) is 0 Å². The maximum atomic E-state index is 13.2. The number of carboxylic acid groups (broad SMARTS) is 1. The molecule has 2 aliphatic rings. The molecule has 0 aromatic carbocycles.